The molecule has 2 aliphatic rings. The molecular formula is C40H58N4O3Si. The number of ketones is 1. The van der Waals surface area contributed by atoms with Crippen LogP contribution < -0.4 is 0 Å². The summed E-state index contributed by atoms with van der Waals surface area (Å²) < 4.78 is 2.77. The Morgan fingerprint density at radius 3 is 1.88 bits per heavy atom. The number of nitrogens with one attached hydrogen (secondary N) is 1. The molecule has 0 bridgehead atoms. The van der Waals surface area contributed by atoms with Crippen LogP contribution in [0, 0.1) is 0 Å². The monoisotopic (exact) mass is 670 g/mol. The molecule has 2 aliphatic carbocycles. The lowest BCUT2D eigenvalue weighted by atomic mass is 9.90. The van der Waals surface area contributed by atoms with Crippen molar-refractivity contribution in [3.63, 3.8) is 0 Å². The number of benzene rings is 2. The summed E-state index contributed by atoms with van der Waals surface area (Å²) in [4.78, 5) is 31.4. The Morgan fingerprint density at radius 1 is 0.792 bits per heavy atom. The minimum atomic E-state index is -1.93. The van der Waals surface area contributed by atoms with E-state index in [1.54, 1.807) is 13.0 Å². The molecule has 4 aromatic rings. The highest BCUT2D eigenvalue weighted by Gasteiger charge is 2.48. The lowest BCUT2D eigenvalue weighted by Gasteiger charge is -2.46. The fourth-order valence-corrected chi connectivity index (χ4v) is 16.3. The molecule has 260 valence electrons. The van der Waals surface area contributed by atoms with Crippen molar-refractivity contribution in [1.82, 2.24) is 19.0 Å². The molecular weight excluding hydrogens is 613 g/mol. The van der Waals surface area contributed by atoms with E-state index in [4.69, 9.17) is 0 Å². The van der Waals surface area contributed by atoms with Crippen molar-refractivity contribution in [2.24, 2.45) is 0 Å². The number of aromatic amines is 1. The van der Waals surface area contributed by atoms with E-state index in [0.717, 1.165) is 36.8 Å². The van der Waals surface area contributed by atoms with Crippen LogP contribution in [0.2, 0.25) is 16.6 Å². The quantitative estimate of drug-likeness (QED) is 0.145. The second-order valence-corrected chi connectivity index (χ2v) is 21.5. The molecule has 0 spiro atoms. The van der Waals surface area contributed by atoms with Crippen molar-refractivity contribution in [2.75, 3.05) is 28.2 Å². The summed E-state index contributed by atoms with van der Waals surface area (Å²) in [6, 6.07) is 12.9. The van der Waals surface area contributed by atoms with Crippen molar-refractivity contribution in [1.29, 1.82) is 0 Å². The number of Topliss-reactive ketones (excluding diaryl/α,β-unsaturated/α-hetero) is 1. The number of carboxylic acids is 1. The molecule has 8 heteroatoms. The number of rotatable bonds is 8. The summed E-state index contributed by atoms with van der Waals surface area (Å²) in [6.07, 6.45) is 6.63. The Balaban J connectivity index is 0.000000204. The third-order valence-corrected chi connectivity index (χ3v) is 18.6. The summed E-state index contributed by atoms with van der Waals surface area (Å²) in [5.41, 5.74) is 11.1. The van der Waals surface area contributed by atoms with Gasteiger partial charge in [-0.25, -0.2) is 4.79 Å². The maximum Gasteiger partial charge on any atom is 0.335 e. The van der Waals surface area contributed by atoms with Crippen LogP contribution in [0.15, 0.2) is 36.4 Å². The zero-order chi connectivity index (χ0) is 35.2. The van der Waals surface area contributed by atoms with Crippen LogP contribution in [0.25, 0.3) is 21.8 Å². The SMILES string of the molecule is CC(=O)c1ccc2[nH]c3c(c2c1)CC(N(C)C)CC3.CC(C)[Si](C(C)C)(C(C)C)n1c2c(c3cc(C(=O)O)ccc31)CC(N(C)C)CC2. The molecule has 0 fully saturated rings. The molecule has 2 aromatic heterocycles. The van der Waals surface area contributed by atoms with E-state index in [0.29, 0.717) is 34.3 Å². The number of carbonyl (C=O) groups excluding carboxylic acids is 1. The largest absolute Gasteiger partial charge is 0.478 e. The molecule has 48 heavy (non-hydrogen) atoms. The van der Waals surface area contributed by atoms with Gasteiger partial charge in [0.15, 0.2) is 14.0 Å². The lowest BCUT2D eigenvalue weighted by Crippen LogP contribution is -2.53. The molecule has 7 nitrogen and oxygen atoms in total. The number of aryl methyl sites for hydroxylation is 1. The fourth-order valence-electron chi connectivity index (χ4n) is 9.39. The van der Waals surface area contributed by atoms with Crippen LogP contribution in [0.1, 0.15) is 105 Å². The molecule has 2 heterocycles. The Kier molecular flexibility index (Phi) is 10.5. The average Bonchev–Trinajstić information content (AvgIpc) is 3.55. The smallest absolute Gasteiger partial charge is 0.335 e. The topological polar surface area (TPSA) is 81.6 Å². The molecule has 2 N–H and O–H groups in total. The summed E-state index contributed by atoms with van der Waals surface area (Å²) in [5, 5.41) is 12.0. The second-order valence-electron chi connectivity index (χ2n) is 15.8. The maximum absolute atomic E-state index is 11.7. The predicted molar refractivity (Wildman–Crippen MR) is 203 cm³/mol. The highest BCUT2D eigenvalue weighted by atomic mass is 28.3. The van der Waals surface area contributed by atoms with Crippen LogP contribution in [-0.4, -0.2) is 84.4 Å². The van der Waals surface area contributed by atoms with Gasteiger partial charge < -0.3 is 24.1 Å². The van der Waals surface area contributed by atoms with Crippen LogP contribution in [-0.2, 0) is 25.7 Å². The van der Waals surface area contributed by atoms with Gasteiger partial charge in [0, 0.05) is 50.8 Å². The standard InChI is InChI=1S/C24H38N2O2Si.C16H20N2O/c1-15(2)29(16(3)4,17(5)6)26-22-11-9-18(24(27)28)13-20(22)21-14-19(25(7)8)10-12-23(21)26;1-10(19)11-4-6-15-13(8-11)14-9-12(18(2)3)5-7-16(14)17-15/h9,11,13,15-17,19H,10,12,14H2,1-8H3,(H,27,28);4,6,8,12,17H,5,7,9H2,1-3H3. The highest BCUT2D eigenvalue weighted by molar-refractivity contribution is 6.82. The molecule has 6 rings (SSSR count). The van der Waals surface area contributed by atoms with Crippen molar-refractivity contribution >= 4 is 41.8 Å². The second kappa shape index (κ2) is 14.0. The molecule has 2 atom stereocenters. The first-order valence-electron chi connectivity index (χ1n) is 18.0. The molecule has 0 aliphatic heterocycles. The number of hydrogen-bond acceptors (Lipinski definition) is 4. The average molecular weight is 671 g/mol. The molecule has 0 saturated heterocycles. The van der Waals surface area contributed by atoms with Gasteiger partial charge in [0.25, 0.3) is 0 Å². The van der Waals surface area contributed by atoms with Gasteiger partial charge in [0.05, 0.1) is 5.56 Å². The van der Waals surface area contributed by atoms with Gasteiger partial charge in [-0.05, 0) is 138 Å². The van der Waals surface area contributed by atoms with Crippen molar-refractivity contribution in [2.45, 2.75) is 116 Å². The molecule has 0 radical (unpaired) electrons. The Hall–Kier alpha value is -3.20. The number of nitrogens with zero attached hydrogens (tertiary/aromatic N) is 3. The number of likely N-dealkylation sites (N-methyl/N-ethyl adjacent to an activating group) is 2. The van der Waals surface area contributed by atoms with Crippen LogP contribution in [0.5, 0.6) is 0 Å². The summed E-state index contributed by atoms with van der Waals surface area (Å²) in [7, 11) is 6.67. The van der Waals surface area contributed by atoms with Crippen molar-refractivity contribution in [3.8, 4) is 0 Å². The van der Waals surface area contributed by atoms with Gasteiger partial charge in [0.2, 0.25) is 0 Å². The van der Waals surface area contributed by atoms with E-state index in [-0.39, 0.29) is 5.78 Å². The van der Waals surface area contributed by atoms with E-state index in [1.807, 2.05) is 24.3 Å². The maximum atomic E-state index is 11.7. The van der Waals surface area contributed by atoms with Crippen LogP contribution >= 0.6 is 0 Å². The van der Waals surface area contributed by atoms with Crippen molar-refractivity contribution in [3.05, 3.63) is 70.0 Å². The minimum Gasteiger partial charge on any atom is -0.478 e. The zero-order valence-corrected chi connectivity index (χ0v) is 32.2. The lowest BCUT2D eigenvalue weighted by molar-refractivity contribution is 0.0696. The van der Waals surface area contributed by atoms with E-state index >= 15 is 0 Å². The van der Waals surface area contributed by atoms with E-state index in [2.05, 4.69) is 94.8 Å². The Morgan fingerprint density at radius 2 is 1.33 bits per heavy atom. The summed E-state index contributed by atoms with van der Waals surface area (Å²) in [5.74, 6) is -0.703. The number of aromatic nitrogens is 2. The number of carbonyl (C=O) groups is 2. The van der Waals surface area contributed by atoms with Crippen LogP contribution in [0.4, 0.5) is 0 Å². The normalized spacial score (nSPS) is 18.2. The predicted octanol–water partition coefficient (Wildman–Crippen LogP) is 8.57. The molecule has 2 aromatic carbocycles. The molecule has 0 saturated carbocycles. The highest BCUT2D eigenvalue weighted by Crippen LogP contribution is 2.47. The van der Waals surface area contributed by atoms with E-state index in [1.165, 1.54) is 51.6 Å². The Labute approximate surface area is 288 Å². The summed E-state index contributed by atoms with van der Waals surface area (Å²) >= 11 is 0. The number of carboxylic acid groups (broad SMARTS) is 1. The number of fused-ring (bicyclic) bond motifs is 6. The zero-order valence-electron chi connectivity index (χ0n) is 31.2. The van der Waals surface area contributed by atoms with Gasteiger partial charge in [0.1, 0.15) is 0 Å². The van der Waals surface area contributed by atoms with Gasteiger partial charge in [-0.15, -0.1) is 0 Å². The van der Waals surface area contributed by atoms with Gasteiger partial charge >= 0.3 is 5.97 Å². The van der Waals surface area contributed by atoms with Gasteiger partial charge in [-0.3, -0.25) is 4.79 Å². The van der Waals surface area contributed by atoms with Gasteiger partial charge in [-0.2, -0.15) is 0 Å². The van der Waals surface area contributed by atoms with Crippen LogP contribution in [0.3, 0.4) is 0 Å². The molecule has 0 amide bonds. The van der Waals surface area contributed by atoms with Crippen molar-refractivity contribution < 1.29 is 14.7 Å². The number of aromatic carboxylic acids is 1. The summed E-state index contributed by atoms with van der Waals surface area (Å²) in [6.45, 7) is 16.1. The third-order valence-electron chi connectivity index (χ3n) is 11.8. The fraction of sp³-hybridized carbons (Fsp3) is 0.550. The third kappa shape index (κ3) is 6.32. The first kappa shape index (κ1) is 36.1. The minimum absolute atomic E-state index is 0.136. The van der Waals surface area contributed by atoms with Gasteiger partial charge in [-0.1, -0.05) is 41.5 Å². The first-order chi connectivity index (χ1) is 22.6. The van der Waals surface area contributed by atoms with E-state index < -0.39 is 14.2 Å². The first-order valence-corrected chi connectivity index (χ1v) is 20.1. The number of hydrogen-bond donors (Lipinski definition) is 2. The van der Waals surface area contributed by atoms with E-state index in [9.17, 15) is 14.7 Å². The Bertz CT molecular complexity index is 1790. The number of H-pyrrole nitrogens is 1. The molecule has 2 unspecified atom stereocenters.